The largest absolute Gasteiger partial charge is 0.497 e. The van der Waals surface area contributed by atoms with Crippen molar-refractivity contribution in [3.63, 3.8) is 0 Å². The predicted molar refractivity (Wildman–Crippen MR) is 157 cm³/mol. The molecule has 4 rings (SSSR count). The molecular weight excluding hydrogens is 522 g/mol. The highest BCUT2D eigenvalue weighted by Crippen LogP contribution is 2.37. The minimum Gasteiger partial charge on any atom is -0.497 e. The molecule has 1 saturated heterocycles. The Morgan fingerprint density at radius 1 is 1.03 bits per heavy atom. The molecule has 0 aromatic heterocycles. The fraction of sp³-hybridized carbons (Fsp3) is 0.179. The molecule has 1 heterocycles. The van der Waals surface area contributed by atoms with Gasteiger partial charge in [0.25, 0.3) is 11.8 Å². The molecule has 10 heteroatoms. The second-order valence-electron chi connectivity index (χ2n) is 8.41. The van der Waals surface area contributed by atoms with E-state index in [9.17, 15) is 9.59 Å². The maximum Gasteiger partial charge on any atom is 0.270 e. The van der Waals surface area contributed by atoms with Crippen LogP contribution in [0.15, 0.2) is 71.6 Å². The number of rotatable bonds is 9. The molecule has 2 amide bonds. The van der Waals surface area contributed by atoms with Gasteiger partial charge in [0.15, 0.2) is 22.4 Å². The first-order chi connectivity index (χ1) is 18.3. The number of nitrogens with zero attached hydrogens (tertiary/aromatic N) is 2. The number of ether oxygens (including phenoxy) is 3. The number of benzene rings is 3. The summed E-state index contributed by atoms with van der Waals surface area (Å²) in [7, 11) is 6.99. The molecule has 0 atom stereocenters. The van der Waals surface area contributed by atoms with Crippen LogP contribution in [0, 0.1) is 0 Å². The van der Waals surface area contributed by atoms with E-state index >= 15 is 0 Å². The Hall–Kier alpha value is -4.02. The molecule has 1 N–H and O–H groups in total. The van der Waals surface area contributed by atoms with E-state index < -0.39 is 0 Å². The van der Waals surface area contributed by atoms with Crippen LogP contribution in [-0.2, 0) is 9.59 Å². The van der Waals surface area contributed by atoms with Gasteiger partial charge in [0.2, 0.25) is 0 Å². The lowest BCUT2D eigenvalue weighted by Crippen LogP contribution is -2.27. The number of carbonyl (C=O) groups is 2. The topological polar surface area (TPSA) is 80.3 Å². The number of carbonyl (C=O) groups excluding carboxylic acids is 2. The molecule has 3 aromatic carbocycles. The average molecular weight is 550 g/mol. The van der Waals surface area contributed by atoms with Crippen LogP contribution in [0.5, 0.6) is 17.2 Å². The zero-order chi connectivity index (χ0) is 27.2. The fourth-order valence-corrected chi connectivity index (χ4v) is 4.97. The zero-order valence-electron chi connectivity index (χ0n) is 21.4. The predicted octanol–water partition coefficient (Wildman–Crippen LogP) is 5.19. The van der Waals surface area contributed by atoms with Crippen molar-refractivity contribution < 1.29 is 23.8 Å². The number of thioether (sulfide) groups is 1. The molecule has 0 saturated carbocycles. The standard InChI is InChI=1S/C28H27N3O5S2/c1-30(2)20-9-11-21(12-10-20)31-27(33)25(38-28(31)37)15-18-8-13-23(24(14-18)35-4)36-17-26(32)29-19-6-5-7-22(16-19)34-3/h5-16H,17H2,1-4H3,(H,29,32)/b25-15-. The van der Waals surface area contributed by atoms with Crippen LogP contribution in [-0.4, -0.2) is 51.1 Å². The van der Waals surface area contributed by atoms with E-state index in [2.05, 4.69) is 5.32 Å². The molecule has 0 aliphatic carbocycles. The Kier molecular flexibility index (Phi) is 8.55. The van der Waals surface area contributed by atoms with Crippen LogP contribution in [0.3, 0.4) is 0 Å². The number of hydrogen-bond acceptors (Lipinski definition) is 8. The summed E-state index contributed by atoms with van der Waals surface area (Å²) in [6, 6.07) is 19.9. The first-order valence-corrected chi connectivity index (χ1v) is 12.8. The van der Waals surface area contributed by atoms with Crippen molar-refractivity contribution in [2.24, 2.45) is 0 Å². The SMILES string of the molecule is COc1cccc(NC(=O)COc2ccc(/C=C3\SC(=S)N(c4ccc(N(C)C)cc4)C3=O)cc2OC)c1. The molecule has 0 bridgehead atoms. The first kappa shape index (κ1) is 27.0. The van der Waals surface area contributed by atoms with E-state index in [4.69, 9.17) is 26.4 Å². The van der Waals surface area contributed by atoms with Crippen LogP contribution in [0.25, 0.3) is 6.08 Å². The Morgan fingerprint density at radius 2 is 1.79 bits per heavy atom. The highest BCUT2D eigenvalue weighted by molar-refractivity contribution is 8.27. The molecule has 0 spiro atoms. The van der Waals surface area contributed by atoms with Gasteiger partial charge in [-0.3, -0.25) is 14.5 Å². The van der Waals surface area contributed by atoms with Gasteiger partial charge < -0.3 is 24.4 Å². The lowest BCUT2D eigenvalue weighted by atomic mass is 10.1. The summed E-state index contributed by atoms with van der Waals surface area (Å²) in [5.41, 5.74) is 3.08. The molecule has 3 aromatic rings. The van der Waals surface area contributed by atoms with Gasteiger partial charge in [-0.15, -0.1) is 0 Å². The van der Waals surface area contributed by atoms with Gasteiger partial charge in [-0.1, -0.05) is 36.1 Å². The van der Waals surface area contributed by atoms with E-state index in [1.165, 1.54) is 23.8 Å². The number of hydrogen-bond donors (Lipinski definition) is 1. The van der Waals surface area contributed by atoms with Crippen LogP contribution >= 0.6 is 24.0 Å². The normalized spacial score (nSPS) is 14.0. The van der Waals surface area contributed by atoms with Crippen LogP contribution in [0.2, 0.25) is 0 Å². The van der Waals surface area contributed by atoms with Gasteiger partial charge in [0.1, 0.15) is 5.75 Å². The molecule has 1 aliphatic rings. The number of amides is 2. The highest BCUT2D eigenvalue weighted by atomic mass is 32.2. The lowest BCUT2D eigenvalue weighted by Gasteiger charge is -2.17. The van der Waals surface area contributed by atoms with Crippen molar-refractivity contribution in [1.29, 1.82) is 0 Å². The quantitative estimate of drug-likeness (QED) is 0.289. The molecule has 1 fully saturated rings. The smallest absolute Gasteiger partial charge is 0.270 e. The van der Waals surface area contributed by atoms with Gasteiger partial charge in [-0.2, -0.15) is 0 Å². The zero-order valence-corrected chi connectivity index (χ0v) is 23.0. The molecule has 0 radical (unpaired) electrons. The van der Waals surface area contributed by atoms with Crippen molar-refractivity contribution in [1.82, 2.24) is 0 Å². The van der Waals surface area contributed by atoms with Gasteiger partial charge in [0, 0.05) is 31.5 Å². The number of anilines is 3. The van der Waals surface area contributed by atoms with Crippen molar-refractivity contribution >= 4 is 63.3 Å². The Labute approximate surface area is 231 Å². The number of nitrogens with one attached hydrogen (secondary N) is 1. The second-order valence-corrected chi connectivity index (χ2v) is 10.1. The molecule has 196 valence electrons. The third-order valence-electron chi connectivity index (χ3n) is 5.62. The summed E-state index contributed by atoms with van der Waals surface area (Å²) in [4.78, 5) is 29.5. The summed E-state index contributed by atoms with van der Waals surface area (Å²) in [5, 5.41) is 2.77. The summed E-state index contributed by atoms with van der Waals surface area (Å²) in [6.07, 6.45) is 1.76. The first-order valence-electron chi connectivity index (χ1n) is 11.6. The summed E-state index contributed by atoms with van der Waals surface area (Å²) in [6.45, 7) is -0.210. The van der Waals surface area contributed by atoms with Gasteiger partial charge in [0.05, 0.1) is 24.8 Å². The van der Waals surface area contributed by atoms with E-state index in [1.54, 1.807) is 55.7 Å². The van der Waals surface area contributed by atoms with E-state index in [0.29, 0.717) is 32.2 Å². The number of methoxy groups -OCH3 is 2. The molecule has 38 heavy (non-hydrogen) atoms. The van der Waals surface area contributed by atoms with Gasteiger partial charge in [-0.05, 0) is 60.2 Å². The molecule has 0 unspecified atom stereocenters. The average Bonchev–Trinajstić information content (AvgIpc) is 3.19. The van der Waals surface area contributed by atoms with Crippen LogP contribution in [0.1, 0.15) is 5.56 Å². The summed E-state index contributed by atoms with van der Waals surface area (Å²) in [5.74, 6) is 0.958. The van der Waals surface area contributed by atoms with Crippen molar-refractivity contribution in [2.45, 2.75) is 0 Å². The van der Waals surface area contributed by atoms with Crippen LogP contribution in [0.4, 0.5) is 17.1 Å². The van der Waals surface area contributed by atoms with Crippen molar-refractivity contribution in [3.05, 3.63) is 77.2 Å². The molecular formula is C28H27N3O5S2. The maximum absolute atomic E-state index is 13.2. The highest BCUT2D eigenvalue weighted by Gasteiger charge is 2.33. The third kappa shape index (κ3) is 6.27. The fourth-order valence-electron chi connectivity index (χ4n) is 3.68. The van der Waals surface area contributed by atoms with Crippen molar-refractivity contribution in [3.8, 4) is 17.2 Å². The Morgan fingerprint density at radius 3 is 2.47 bits per heavy atom. The maximum atomic E-state index is 13.2. The number of thiocarbonyl (C=S) groups is 1. The minimum absolute atomic E-state index is 0.189. The van der Waals surface area contributed by atoms with Crippen LogP contribution < -0.4 is 29.3 Å². The van der Waals surface area contributed by atoms with Gasteiger partial charge in [-0.25, -0.2) is 0 Å². The third-order valence-corrected chi connectivity index (χ3v) is 6.92. The molecule has 8 nitrogen and oxygen atoms in total. The minimum atomic E-state index is -0.327. The Bertz CT molecular complexity index is 1390. The van der Waals surface area contributed by atoms with E-state index in [1.807, 2.05) is 43.3 Å². The Balaban J connectivity index is 1.43. The molecule has 1 aliphatic heterocycles. The van der Waals surface area contributed by atoms with Gasteiger partial charge >= 0.3 is 0 Å². The second kappa shape index (κ2) is 12.0. The monoisotopic (exact) mass is 549 g/mol. The van der Waals surface area contributed by atoms with E-state index in [0.717, 1.165) is 16.9 Å². The lowest BCUT2D eigenvalue weighted by molar-refractivity contribution is -0.118. The van der Waals surface area contributed by atoms with Crippen molar-refractivity contribution in [2.75, 3.05) is 50.0 Å². The summed E-state index contributed by atoms with van der Waals surface area (Å²) < 4.78 is 16.8. The van der Waals surface area contributed by atoms with E-state index in [-0.39, 0.29) is 18.4 Å². The summed E-state index contributed by atoms with van der Waals surface area (Å²) >= 11 is 6.74.